The lowest BCUT2D eigenvalue weighted by molar-refractivity contribution is -0.125. The molecule has 0 saturated carbocycles. The number of nitrogens with two attached hydrogens (primary N) is 1. The molecule has 2 aromatic rings. The van der Waals surface area contributed by atoms with Gasteiger partial charge in [-0.05, 0) is 12.0 Å². The average Bonchev–Trinajstić information content (AvgIpc) is 3.02. The van der Waals surface area contributed by atoms with Gasteiger partial charge in [-0.2, -0.15) is 0 Å². The number of aromatic nitrogens is 2. The maximum absolute atomic E-state index is 12.0. The summed E-state index contributed by atoms with van der Waals surface area (Å²) in [6.07, 6.45) is 2.57. The Balaban J connectivity index is 0.00000242. The van der Waals surface area contributed by atoms with Crippen molar-refractivity contribution in [2.24, 2.45) is 11.7 Å². The number of H-pyrrole nitrogens is 1. The van der Waals surface area contributed by atoms with Gasteiger partial charge in [0.1, 0.15) is 5.82 Å². The number of nitrogens with zero attached hydrogens (tertiary/aromatic N) is 1. The van der Waals surface area contributed by atoms with Crippen molar-refractivity contribution in [3.63, 3.8) is 0 Å². The summed E-state index contributed by atoms with van der Waals surface area (Å²) >= 11 is 0. The predicted octanol–water partition coefficient (Wildman–Crippen LogP) is 2.66. The molecule has 0 fully saturated rings. The molecule has 2 atom stereocenters. The minimum Gasteiger partial charge on any atom is -0.346 e. The molecule has 1 aromatic heterocycles. The third kappa shape index (κ3) is 4.32. The van der Waals surface area contributed by atoms with Gasteiger partial charge in [-0.15, -0.1) is 12.4 Å². The van der Waals surface area contributed by atoms with E-state index in [-0.39, 0.29) is 30.3 Å². The van der Waals surface area contributed by atoms with Crippen LogP contribution in [0.2, 0.25) is 0 Å². The molecule has 0 aliphatic heterocycles. The third-order valence-corrected chi connectivity index (χ3v) is 3.54. The molecular formula is C16H23ClN4O. The number of benzene rings is 1. The van der Waals surface area contributed by atoms with E-state index in [4.69, 9.17) is 5.73 Å². The number of amides is 1. The van der Waals surface area contributed by atoms with E-state index in [1.54, 1.807) is 6.20 Å². The fourth-order valence-electron chi connectivity index (χ4n) is 2.06. The molecule has 1 amide bonds. The number of nitrogens with one attached hydrogen (secondary N) is 2. The van der Waals surface area contributed by atoms with Crippen molar-refractivity contribution >= 4 is 18.3 Å². The first-order valence-corrected chi connectivity index (χ1v) is 7.26. The standard InChI is InChI=1S/C16H22N4O.ClH/c1-3-13(20-16(21)11(2)9-17)15-18-10-14(19-15)12-7-5-4-6-8-12;/h4-8,10-11,13H,3,9,17H2,1-2H3,(H,18,19)(H,20,21);1H. The molecular weight excluding hydrogens is 300 g/mol. The van der Waals surface area contributed by atoms with Gasteiger partial charge < -0.3 is 16.0 Å². The fourth-order valence-corrected chi connectivity index (χ4v) is 2.06. The van der Waals surface area contributed by atoms with Gasteiger partial charge in [-0.3, -0.25) is 4.79 Å². The van der Waals surface area contributed by atoms with Gasteiger partial charge in [0, 0.05) is 12.5 Å². The van der Waals surface area contributed by atoms with Gasteiger partial charge in [0.15, 0.2) is 0 Å². The number of carbonyl (C=O) groups excluding carboxylic acids is 1. The largest absolute Gasteiger partial charge is 0.346 e. The number of hydrogen-bond donors (Lipinski definition) is 3. The molecule has 6 heteroatoms. The Bertz CT molecular complexity index is 585. The maximum Gasteiger partial charge on any atom is 0.224 e. The fraction of sp³-hybridized carbons (Fsp3) is 0.375. The number of rotatable bonds is 6. The Labute approximate surface area is 137 Å². The van der Waals surface area contributed by atoms with Crippen LogP contribution in [0.3, 0.4) is 0 Å². The van der Waals surface area contributed by atoms with E-state index in [0.29, 0.717) is 6.54 Å². The van der Waals surface area contributed by atoms with Crippen LogP contribution in [0.4, 0.5) is 0 Å². The van der Waals surface area contributed by atoms with Gasteiger partial charge in [-0.1, -0.05) is 44.2 Å². The highest BCUT2D eigenvalue weighted by molar-refractivity contribution is 5.85. The second-order valence-corrected chi connectivity index (χ2v) is 5.15. The van der Waals surface area contributed by atoms with Gasteiger partial charge in [0.2, 0.25) is 5.91 Å². The Morgan fingerprint density at radius 3 is 2.64 bits per heavy atom. The van der Waals surface area contributed by atoms with Crippen LogP contribution in [0.15, 0.2) is 36.5 Å². The van der Waals surface area contributed by atoms with Crippen molar-refractivity contribution in [3.05, 3.63) is 42.4 Å². The second kappa shape index (κ2) is 8.56. The quantitative estimate of drug-likeness (QED) is 0.764. The first-order valence-electron chi connectivity index (χ1n) is 7.26. The molecule has 0 spiro atoms. The van der Waals surface area contributed by atoms with E-state index in [9.17, 15) is 4.79 Å². The molecule has 0 aliphatic carbocycles. The highest BCUT2D eigenvalue weighted by Gasteiger charge is 2.19. The molecule has 1 heterocycles. The highest BCUT2D eigenvalue weighted by Crippen LogP contribution is 2.20. The first kappa shape index (κ1) is 18.2. The molecule has 4 N–H and O–H groups in total. The lowest BCUT2D eigenvalue weighted by Gasteiger charge is -2.17. The molecule has 0 bridgehead atoms. The van der Waals surface area contributed by atoms with E-state index in [0.717, 1.165) is 23.5 Å². The first-order chi connectivity index (χ1) is 10.2. The molecule has 22 heavy (non-hydrogen) atoms. The topological polar surface area (TPSA) is 83.8 Å². The summed E-state index contributed by atoms with van der Waals surface area (Å²) in [5.41, 5.74) is 7.55. The SMILES string of the molecule is CCC(NC(=O)C(C)CN)c1ncc(-c2ccccc2)[nH]1.Cl. The van der Waals surface area contributed by atoms with Crippen molar-refractivity contribution < 1.29 is 4.79 Å². The minimum atomic E-state index is -0.192. The summed E-state index contributed by atoms with van der Waals surface area (Å²) in [6.45, 7) is 4.18. The number of carbonyl (C=O) groups is 1. The maximum atomic E-state index is 12.0. The Hall–Kier alpha value is -1.85. The molecule has 0 saturated heterocycles. The molecule has 0 aliphatic rings. The van der Waals surface area contributed by atoms with Crippen LogP contribution < -0.4 is 11.1 Å². The number of halogens is 1. The van der Waals surface area contributed by atoms with E-state index < -0.39 is 0 Å². The van der Waals surface area contributed by atoms with Gasteiger partial charge in [0.25, 0.3) is 0 Å². The van der Waals surface area contributed by atoms with Gasteiger partial charge in [0.05, 0.1) is 17.9 Å². The van der Waals surface area contributed by atoms with Crippen LogP contribution in [0.25, 0.3) is 11.3 Å². The van der Waals surface area contributed by atoms with E-state index in [1.165, 1.54) is 0 Å². The lowest BCUT2D eigenvalue weighted by atomic mass is 10.1. The predicted molar refractivity (Wildman–Crippen MR) is 90.7 cm³/mol. The summed E-state index contributed by atoms with van der Waals surface area (Å²) in [5.74, 6) is 0.540. The zero-order chi connectivity index (χ0) is 15.2. The Kier molecular flexibility index (Phi) is 7.08. The van der Waals surface area contributed by atoms with Crippen LogP contribution in [0, 0.1) is 5.92 Å². The van der Waals surface area contributed by atoms with Crippen molar-refractivity contribution in [1.29, 1.82) is 0 Å². The monoisotopic (exact) mass is 322 g/mol. The van der Waals surface area contributed by atoms with Crippen molar-refractivity contribution in [2.45, 2.75) is 26.3 Å². The molecule has 1 aromatic carbocycles. The van der Waals surface area contributed by atoms with E-state index >= 15 is 0 Å². The molecule has 0 radical (unpaired) electrons. The van der Waals surface area contributed by atoms with Gasteiger partial charge >= 0.3 is 0 Å². The van der Waals surface area contributed by atoms with Crippen LogP contribution in [-0.2, 0) is 4.79 Å². The summed E-state index contributed by atoms with van der Waals surface area (Å²) in [4.78, 5) is 19.6. The summed E-state index contributed by atoms with van der Waals surface area (Å²) in [7, 11) is 0. The van der Waals surface area contributed by atoms with E-state index in [2.05, 4.69) is 15.3 Å². The Morgan fingerprint density at radius 2 is 2.05 bits per heavy atom. The number of hydrogen-bond acceptors (Lipinski definition) is 3. The highest BCUT2D eigenvalue weighted by atomic mass is 35.5. The summed E-state index contributed by atoms with van der Waals surface area (Å²) in [5, 5.41) is 2.99. The van der Waals surface area contributed by atoms with Crippen molar-refractivity contribution in [1.82, 2.24) is 15.3 Å². The van der Waals surface area contributed by atoms with Gasteiger partial charge in [-0.25, -0.2) is 4.98 Å². The van der Waals surface area contributed by atoms with Crippen LogP contribution in [-0.4, -0.2) is 22.4 Å². The minimum absolute atomic E-state index is 0. The Morgan fingerprint density at radius 1 is 1.36 bits per heavy atom. The molecule has 2 unspecified atom stereocenters. The number of imidazole rings is 1. The smallest absolute Gasteiger partial charge is 0.224 e. The van der Waals surface area contributed by atoms with Crippen LogP contribution in [0.1, 0.15) is 32.1 Å². The van der Waals surface area contributed by atoms with Crippen molar-refractivity contribution in [2.75, 3.05) is 6.54 Å². The molecule has 120 valence electrons. The van der Waals surface area contributed by atoms with Crippen molar-refractivity contribution in [3.8, 4) is 11.3 Å². The van der Waals surface area contributed by atoms with Crippen LogP contribution in [0.5, 0.6) is 0 Å². The summed E-state index contributed by atoms with van der Waals surface area (Å²) in [6, 6.07) is 9.87. The zero-order valence-electron chi connectivity index (χ0n) is 12.9. The van der Waals surface area contributed by atoms with E-state index in [1.807, 2.05) is 44.2 Å². The normalized spacial score (nSPS) is 13.0. The lowest BCUT2D eigenvalue weighted by Crippen LogP contribution is -2.36. The zero-order valence-corrected chi connectivity index (χ0v) is 13.7. The van der Waals surface area contributed by atoms with Crippen LogP contribution >= 0.6 is 12.4 Å². The molecule has 2 rings (SSSR count). The summed E-state index contributed by atoms with van der Waals surface area (Å²) < 4.78 is 0. The molecule has 5 nitrogen and oxygen atoms in total. The third-order valence-electron chi connectivity index (χ3n) is 3.54. The second-order valence-electron chi connectivity index (χ2n) is 5.15. The number of aromatic amines is 1. The average molecular weight is 323 g/mol.